The Labute approximate surface area is 138 Å². The van der Waals surface area contributed by atoms with Crippen molar-refractivity contribution in [1.82, 2.24) is 15.3 Å². The van der Waals surface area contributed by atoms with E-state index in [1.165, 1.54) is 18.3 Å². The zero-order chi connectivity index (χ0) is 16.8. The van der Waals surface area contributed by atoms with Crippen molar-refractivity contribution in [1.29, 1.82) is 0 Å². The first-order valence-electron chi connectivity index (χ1n) is 7.36. The maximum absolute atomic E-state index is 13.2. The highest BCUT2D eigenvalue weighted by Gasteiger charge is 2.08. The van der Waals surface area contributed by atoms with Gasteiger partial charge >= 0.3 is 0 Å². The van der Waals surface area contributed by atoms with E-state index in [0.29, 0.717) is 17.9 Å². The summed E-state index contributed by atoms with van der Waals surface area (Å²) in [6, 6.07) is 13.1. The predicted octanol–water partition coefficient (Wildman–Crippen LogP) is 3.29. The van der Waals surface area contributed by atoms with E-state index in [1.54, 1.807) is 36.7 Å². The molecule has 0 saturated carbocycles. The maximum atomic E-state index is 13.2. The lowest BCUT2D eigenvalue weighted by Gasteiger charge is -2.08. The van der Waals surface area contributed by atoms with Crippen molar-refractivity contribution in [2.45, 2.75) is 6.54 Å². The van der Waals surface area contributed by atoms with Gasteiger partial charge in [0, 0.05) is 36.5 Å². The molecule has 120 valence electrons. The summed E-state index contributed by atoms with van der Waals surface area (Å²) in [5.41, 5.74) is 2.49. The lowest BCUT2D eigenvalue weighted by Crippen LogP contribution is -2.23. The number of hydrogen-bond acceptors (Lipinski definition) is 4. The van der Waals surface area contributed by atoms with E-state index in [-0.39, 0.29) is 17.4 Å². The van der Waals surface area contributed by atoms with Crippen LogP contribution < -0.4 is 10.6 Å². The molecule has 1 aromatic carbocycles. The molecule has 0 aliphatic rings. The first-order chi connectivity index (χ1) is 11.7. The molecule has 5 nitrogen and oxygen atoms in total. The van der Waals surface area contributed by atoms with Crippen LogP contribution in [-0.4, -0.2) is 15.9 Å². The van der Waals surface area contributed by atoms with Crippen LogP contribution in [0.2, 0.25) is 0 Å². The molecule has 0 saturated heterocycles. The number of hydrogen-bond donors (Lipinski definition) is 2. The third-order valence-corrected chi connectivity index (χ3v) is 3.31. The Balaban J connectivity index is 1.67. The summed E-state index contributed by atoms with van der Waals surface area (Å²) >= 11 is 0. The van der Waals surface area contributed by atoms with Crippen LogP contribution in [0.25, 0.3) is 0 Å². The van der Waals surface area contributed by atoms with Crippen molar-refractivity contribution in [3.05, 3.63) is 84.2 Å². The number of rotatable bonds is 5. The summed E-state index contributed by atoms with van der Waals surface area (Å²) in [6.45, 7) is 0.393. The van der Waals surface area contributed by atoms with Crippen LogP contribution in [0.4, 0.5) is 15.8 Å². The Hall–Kier alpha value is -3.28. The quantitative estimate of drug-likeness (QED) is 0.756. The van der Waals surface area contributed by atoms with Crippen LogP contribution in [0.3, 0.4) is 0 Å². The lowest BCUT2D eigenvalue weighted by molar-refractivity contribution is 0.0946. The lowest BCUT2D eigenvalue weighted by atomic mass is 10.2. The standard InChI is InChI=1S/C18H15FN4O/c19-14-2-1-3-15(10-14)23-16-6-9-21-17(11-16)18(24)22-12-13-4-7-20-8-5-13/h1-11H,12H2,(H,21,23)(H,22,24). The van der Waals surface area contributed by atoms with Gasteiger partial charge in [-0.2, -0.15) is 0 Å². The van der Waals surface area contributed by atoms with Crippen LogP contribution in [0.1, 0.15) is 16.1 Å². The molecule has 3 aromatic rings. The molecule has 3 rings (SSSR count). The topological polar surface area (TPSA) is 66.9 Å². The molecule has 0 radical (unpaired) electrons. The van der Waals surface area contributed by atoms with Crippen molar-refractivity contribution in [3.8, 4) is 0 Å². The Morgan fingerprint density at radius 1 is 1.00 bits per heavy atom. The Bertz CT molecular complexity index is 839. The van der Waals surface area contributed by atoms with Crippen molar-refractivity contribution in [2.75, 3.05) is 5.32 Å². The van der Waals surface area contributed by atoms with Crippen LogP contribution in [-0.2, 0) is 6.54 Å². The van der Waals surface area contributed by atoms with Crippen molar-refractivity contribution < 1.29 is 9.18 Å². The van der Waals surface area contributed by atoms with Gasteiger partial charge in [-0.05, 0) is 48.0 Å². The van der Waals surface area contributed by atoms with Gasteiger partial charge in [0.15, 0.2) is 0 Å². The minimum absolute atomic E-state index is 0.283. The molecule has 0 aliphatic heterocycles. The molecular formula is C18H15FN4O. The van der Waals surface area contributed by atoms with E-state index in [4.69, 9.17) is 0 Å². The molecule has 0 fully saturated rings. The SMILES string of the molecule is O=C(NCc1ccncc1)c1cc(Nc2cccc(F)c2)ccn1. The number of aromatic nitrogens is 2. The van der Waals surface area contributed by atoms with Crippen molar-refractivity contribution in [3.63, 3.8) is 0 Å². The molecule has 0 spiro atoms. The highest BCUT2D eigenvalue weighted by Crippen LogP contribution is 2.17. The van der Waals surface area contributed by atoms with Gasteiger partial charge in [-0.25, -0.2) is 4.39 Å². The fourth-order valence-electron chi connectivity index (χ4n) is 2.14. The molecule has 0 bridgehead atoms. The van der Waals surface area contributed by atoms with Gasteiger partial charge in [-0.1, -0.05) is 6.07 Å². The first kappa shape index (κ1) is 15.6. The van der Waals surface area contributed by atoms with Crippen molar-refractivity contribution >= 4 is 17.3 Å². The first-order valence-corrected chi connectivity index (χ1v) is 7.36. The van der Waals surface area contributed by atoms with Gasteiger partial charge in [-0.3, -0.25) is 14.8 Å². The highest BCUT2D eigenvalue weighted by molar-refractivity contribution is 5.93. The molecule has 0 unspecified atom stereocenters. The summed E-state index contributed by atoms with van der Waals surface area (Å²) in [5.74, 6) is -0.612. The summed E-state index contributed by atoms with van der Waals surface area (Å²) in [6.07, 6.45) is 4.87. The van der Waals surface area contributed by atoms with E-state index < -0.39 is 0 Å². The largest absolute Gasteiger partial charge is 0.355 e. The molecule has 2 N–H and O–H groups in total. The molecule has 6 heteroatoms. The van der Waals surface area contributed by atoms with E-state index >= 15 is 0 Å². The number of carbonyl (C=O) groups is 1. The van der Waals surface area contributed by atoms with Crippen molar-refractivity contribution in [2.24, 2.45) is 0 Å². The number of nitrogens with one attached hydrogen (secondary N) is 2. The summed E-state index contributed by atoms with van der Waals surface area (Å²) in [5, 5.41) is 5.84. The second-order valence-electron chi connectivity index (χ2n) is 5.10. The average molecular weight is 322 g/mol. The number of anilines is 2. The number of nitrogens with zero attached hydrogens (tertiary/aromatic N) is 2. The minimum atomic E-state index is -0.329. The third kappa shape index (κ3) is 4.13. The molecule has 24 heavy (non-hydrogen) atoms. The van der Waals surface area contributed by atoms with Crippen LogP contribution in [0, 0.1) is 5.82 Å². The van der Waals surface area contributed by atoms with Gasteiger partial charge < -0.3 is 10.6 Å². The molecular weight excluding hydrogens is 307 g/mol. The molecule has 1 amide bonds. The molecule has 2 heterocycles. The minimum Gasteiger partial charge on any atom is -0.355 e. The smallest absolute Gasteiger partial charge is 0.270 e. The normalized spacial score (nSPS) is 10.2. The monoisotopic (exact) mass is 322 g/mol. The fraction of sp³-hybridized carbons (Fsp3) is 0.0556. The fourth-order valence-corrected chi connectivity index (χ4v) is 2.14. The van der Waals surface area contributed by atoms with Gasteiger partial charge in [0.05, 0.1) is 0 Å². The summed E-state index contributed by atoms with van der Waals surface area (Å²) in [4.78, 5) is 20.2. The van der Waals surface area contributed by atoms with Crippen LogP contribution >= 0.6 is 0 Å². The summed E-state index contributed by atoms with van der Waals surface area (Å²) < 4.78 is 13.2. The van der Waals surface area contributed by atoms with E-state index in [0.717, 1.165) is 5.56 Å². The Morgan fingerprint density at radius 3 is 2.58 bits per heavy atom. The number of amides is 1. The van der Waals surface area contributed by atoms with Gasteiger partial charge in [-0.15, -0.1) is 0 Å². The number of pyridine rings is 2. The highest BCUT2D eigenvalue weighted by atomic mass is 19.1. The molecule has 0 aliphatic carbocycles. The van der Waals surface area contributed by atoms with Crippen LogP contribution in [0.15, 0.2) is 67.1 Å². The molecule has 0 atom stereocenters. The summed E-state index contributed by atoms with van der Waals surface area (Å²) in [7, 11) is 0. The second kappa shape index (κ2) is 7.32. The Kier molecular flexibility index (Phi) is 4.76. The number of carbonyl (C=O) groups excluding carboxylic acids is 1. The predicted molar refractivity (Wildman–Crippen MR) is 89.3 cm³/mol. The van der Waals surface area contributed by atoms with Gasteiger partial charge in [0.2, 0.25) is 0 Å². The second-order valence-corrected chi connectivity index (χ2v) is 5.10. The van der Waals surface area contributed by atoms with Gasteiger partial charge in [0.1, 0.15) is 11.5 Å². The number of benzene rings is 1. The zero-order valence-electron chi connectivity index (χ0n) is 12.7. The Morgan fingerprint density at radius 2 is 1.79 bits per heavy atom. The van der Waals surface area contributed by atoms with Gasteiger partial charge in [0.25, 0.3) is 5.91 Å². The number of halogens is 1. The average Bonchev–Trinajstić information content (AvgIpc) is 2.61. The maximum Gasteiger partial charge on any atom is 0.270 e. The third-order valence-electron chi connectivity index (χ3n) is 3.31. The zero-order valence-corrected chi connectivity index (χ0v) is 12.7. The van der Waals surface area contributed by atoms with E-state index in [2.05, 4.69) is 20.6 Å². The van der Waals surface area contributed by atoms with Crippen LogP contribution in [0.5, 0.6) is 0 Å². The van der Waals surface area contributed by atoms with E-state index in [9.17, 15) is 9.18 Å². The molecule has 2 aromatic heterocycles. The van der Waals surface area contributed by atoms with E-state index in [1.807, 2.05) is 12.1 Å².